The molecular weight excluding hydrogens is 260 g/mol. The number of hydrogen-bond acceptors (Lipinski definition) is 3. The molecule has 1 unspecified atom stereocenters. The van der Waals surface area contributed by atoms with E-state index in [2.05, 4.69) is 23.3 Å². The second-order valence-corrected chi connectivity index (χ2v) is 4.77. The van der Waals surface area contributed by atoms with E-state index in [0.29, 0.717) is 6.54 Å². The summed E-state index contributed by atoms with van der Waals surface area (Å²) in [7, 11) is 0. The Morgan fingerprint density at radius 1 is 1.32 bits per heavy atom. The van der Waals surface area contributed by atoms with Crippen LogP contribution in [-0.2, 0) is 16.0 Å². The number of benzene rings is 1. The molecule has 0 saturated heterocycles. The van der Waals surface area contributed by atoms with E-state index in [1.54, 1.807) is 0 Å². The van der Waals surface area contributed by atoms with E-state index in [1.165, 1.54) is 18.1 Å². The lowest BCUT2D eigenvalue weighted by Crippen LogP contribution is -2.47. The van der Waals surface area contributed by atoms with Crippen molar-refractivity contribution in [1.82, 2.24) is 10.6 Å². The topological polar surface area (TPSA) is 58.2 Å². The highest BCUT2D eigenvalue weighted by Crippen LogP contribution is 2.06. The molecule has 0 radical (unpaired) electrons. The molecule has 1 atom stereocenters. The number of nitrogens with one attached hydrogen (secondary N) is 2. The number of hydrogen-bond donors (Lipinski definition) is 3. The third-order valence-electron chi connectivity index (χ3n) is 2.83. The smallest absolute Gasteiger partial charge is 0.243 e. The number of carbonyl (C=O) groups excluding carboxylic acids is 2. The second kappa shape index (κ2) is 7.84. The lowest BCUT2D eigenvalue weighted by Gasteiger charge is -2.15. The van der Waals surface area contributed by atoms with Crippen molar-refractivity contribution < 1.29 is 9.59 Å². The van der Waals surface area contributed by atoms with Gasteiger partial charge in [-0.25, -0.2) is 0 Å². The summed E-state index contributed by atoms with van der Waals surface area (Å²) in [6, 6.07) is 7.50. The van der Waals surface area contributed by atoms with Crippen LogP contribution >= 0.6 is 12.6 Å². The highest BCUT2D eigenvalue weighted by atomic mass is 32.1. The molecule has 1 aromatic rings. The molecule has 0 aliphatic rings. The van der Waals surface area contributed by atoms with Gasteiger partial charge < -0.3 is 10.6 Å². The first-order valence-corrected chi connectivity index (χ1v) is 6.88. The summed E-state index contributed by atoms with van der Waals surface area (Å²) in [6.45, 7) is 3.98. The molecule has 0 bridgehead atoms. The van der Waals surface area contributed by atoms with Gasteiger partial charge in [-0.15, -0.1) is 0 Å². The molecule has 0 aliphatic carbocycles. The Labute approximate surface area is 119 Å². The number of amides is 2. The highest BCUT2D eigenvalue weighted by Gasteiger charge is 2.16. The van der Waals surface area contributed by atoms with Crippen LogP contribution in [0.1, 0.15) is 18.1 Å². The van der Waals surface area contributed by atoms with Gasteiger partial charge in [0.25, 0.3) is 0 Å². The van der Waals surface area contributed by atoms with Gasteiger partial charge in [0.2, 0.25) is 11.8 Å². The number of thiol groups is 1. The molecule has 0 aromatic heterocycles. The molecule has 2 N–H and O–H groups in total. The summed E-state index contributed by atoms with van der Waals surface area (Å²) in [6.07, 6.45) is 0.776. The van der Waals surface area contributed by atoms with Crippen LogP contribution in [0.5, 0.6) is 0 Å². The van der Waals surface area contributed by atoms with Gasteiger partial charge in [-0.1, -0.05) is 24.3 Å². The average Bonchev–Trinajstić information content (AvgIpc) is 2.37. The van der Waals surface area contributed by atoms with E-state index >= 15 is 0 Å². The van der Waals surface area contributed by atoms with E-state index in [-0.39, 0.29) is 17.6 Å². The van der Waals surface area contributed by atoms with E-state index in [4.69, 9.17) is 0 Å². The zero-order valence-corrected chi connectivity index (χ0v) is 12.2. The van der Waals surface area contributed by atoms with Crippen LogP contribution in [0.4, 0.5) is 0 Å². The normalized spacial score (nSPS) is 11.7. The highest BCUT2D eigenvalue weighted by molar-refractivity contribution is 7.80. The SMILES string of the molecule is CC(=O)NC(CS)C(=O)NCCc1ccccc1C. The number of aryl methyl sites for hydroxylation is 1. The van der Waals surface area contributed by atoms with Crippen molar-refractivity contribution in [2.45, 2.75) is 26.3 Å². The van der Waals surface area contributed by atoms with Crippen molar-refractivity contribution >= 4 is 24.4 Å². The van der Waals surface area contributed by atoms with Gasteiger partial charge in [0.05, 0.1) is 0 Å². The number of rotatable bonds is 6. The van der Waals surface area contributed by atoms with Crippen LogP contribution in [0.2, 0.25) is 0 Å². The lowest BCUT2D eigenvalue weighted by atomic mass is 10.1. The maximum atomic E-state index is 11.8. The molecule has 0 heterocycles. The van der Waals surface area contributed by atoms with E-state index in [0.717, 1.165) is 6.42 Å². The maximum absolute atomic E-state index is 11.8. The van der Waals surface area contributed by atoms with E-state index < -0.39 is 6.04 Å². The summed E-state index contributed by atoms with van der Waals surface area (Å²) in [4.78, 5) is 22.7. The van der Waals surface area contributed by atoms with Crippen LogP contribution in [-0.4, -0.2) is 30.2 Å². The third-order valence-corrected chi connectivity index (χ3v) is 3.20. The minimum atomic E-state index is -0.572. The Bertz CT molecular complexity index is 449. The van der Waals surface area contributed by atoms with Gasteiger partial charge in [-0.3, -0.25) is 9.59 Å². The molecule has 2 amide bonds. The molecular formula is C14H20N2O2S. The van der Waals surface area contributed by atoms with Gasteiger partial charge >= 0.3 is 0 Å². The number of carbonyl (C=O) groups is 2. The predicted molar refractivity (Wildman–Crippen MR) is 79.4 cm³/mol. The van der Waals surface area contributed by atoms with Crippen LogP contribution < -0.4 is 10.6 Å². The van der Waals surface area contributed by atoms with Crippen molar-refractivity contribution in [2.75, 3.05) is 12.3 Å². The second-order valence-electron chi connectivity index (χ2n) is 4.40. The first kappa shape index (κ1) is 15.6. The molecule has 0 saturated carbocycles. The summed E-state index contributed by atoms with van der Waals surface area (Å²) < 4.78 is 0. The standard InChI is InChI=1S/C14H20N2O2S/c1-10-5-3-4-6-12(10)7-8-15-14(18)13(9-19)16-11(2)17/h3-6,13,19H,7-9H2,1-2H3,(H,15,18)(H,16,17). The first-order chi connectivity index (χ1) is 9.04. The predicted octanol–water partition coefficient (Wildman–Crippen LogP) is 1.09. The Kier molecular flexibility index (Phi) is 6.42. The fraction of sp³-hybridized carbons (Fsp3) is 0.429. The minimum Gasteiger partial charge on any atom is -0.354 e. The Morgan fingerprint density at radius 3 is 2.58 bits per heavy atom. The van der Waals surface area contributed by atoms with Gasteiger partial charge in [0.15, 0.2) is 0 Å². The van der Waals surface area contributed by atoms with Crippen LogP contribution in [0.15, 0.2) is 24.3 Å². The molecule has 19 heavy (non-hydrogen) atoms. The Balaban J connectivity index is 2.42. The average molecular weight is 280 g/mol. The summed E-state index contributed by atoms with van der Waals surface area (Å²) in [5.41, 5.74) is 2.43. The quantitative estimate of drug-likeness (QED) is 0.683. The molecule has 5 heteroatoms. The van der Waals surface area contributed by atoms with Gasteiger partial charge in [-0.05, 0) is 24.5 Å². The van der Waals surface area contributed by atoms with Gasteiger partial charge in [0.1, 0.15) is 6.04 Å². The van der Waals surface area contributed by atoms with E-state index in [9.17, 15) is 9.59 Å². The molecule has 1 rings (SSSR count). The molecule has 0 spiro atoms. The summed E-state index contributed by atoms with van der Waals surface area (Å²) >= 11 is 4.06. The van der Waals surface area contributed by atoms with Crippen molar-refractivity contribution in [1.29, 1.82) is 0 Å². The molecule has 0 fully saturated rings. The van der Waals surface area contributed by atoms with E-state index in [1.807, 2.05) is 31.2 Å². The first-order valence-electron chi connectivity index (χ1n) is 6.24. The zero-order valence-electron chi connectivity index (χ0n) is 11.3. The minimum absolute atomic E-state index is 0.196. The maximum Gasteiger partial charge on any atom is 0.243 e. The fourth-order valence-corrected chi connectivity index (χ4v) is 2.03. The zero-order chi connectivity index (χ0) is 14.3. The molecule has 104 valence electrons. The van der Waals surface area contributed by atoms with Gasteiger partial charge in [-0.2, -0.15) is 12.6 Å². The van der Waals surface area contributed by atoms with Crippen molar-refractivity contribution in [2.24, 2.45) is 0 Å². The van der Waals surface area contributed by atoms with Gasteiger partial charge in [0, 0.05) is 19.2 Å². The molecule has 0 aliphatic heterocycles. The Morgan fingerprint density at radius 2 is 2.00 bits per heavy atom. The van der Waals surface area contributed by atoms with Crippen molar-refractivity contribution in [3.8, 4) is 0 Å². The van der Waals surface area contributed by atoms with Crippen molar-refractivity contribution in [3.63, 3.8) is 0 Å². The summed E-state index contributed by atoms with van der Waals surface area (Å²) in [5, 5.41) is 5.37. The van der Waals surface area contributed by atoms with Crippen molar-refractivity contribution in [3.05, 3.63) is 35.4 Å². The third kappa shape index (κ3) is 5.34. The largest absolute Gasteiger partial charge is 0.354 e. The molecule has 1 aromatic carbocycles. The van der Waals surface area contributed by atoms with Crippen LogP contribution in [0.3, 0.4) is 0 Å². The molecule has 4 nitrogen and oxygen atoms in total. The monoisotopic (exact) mass is 280 g/mol. The summed E-state index contributed by atoms with van der Waals surface area (Å²) in [5.74, 6) is -0.137. The van der Waals surface area contributed by atoms with Crippen LogP contribution in [0, 0.1) is 6.92 Å². The van der Waals surface area contributed by atoms with Crippen LogP contribution in [0.25, 0.3) is 0 Å². The Hall–Kier alpha value is -1.49. The fourth-order valence-electron chi connectivity index (χ4n) is 1.77. The lowest BCUT2D eigenvalue weighted by molar-refractivity contribution is -0.127.